The number of hydrogen-bond donors (Lipinski definition) is 0. The van der Waals surface area contributed by atoms with Gasteiger partial charge < -0.3 is 13.9 Å². The van der Waals surface area contributed by atoms with E-state index in [1.165, 1.54) is 65.4 Å². The summed E-state index contributed by atoms with van der Waals surface area (Å²) >= 11 is 0. The molecular formula is C66H42N2O. The van der Waals surface area contributed by atoms with Gasteiger partial charge in [-0.1, -0.05) is 200 Å². The second-order valence-corrected chi connectivity index (χ2v) is 18.0. The van der Waals surface area contributed by atoms with E-state index in [-0.39, 0.29) is 0 Å². The Kier molecular flexibility index (Phi) is 8.90. The highest BCUT2D eigenvalue weighted by molar-refractivity contribution is 6.15. The van der Waals surface area contributed by atoms with E-state index in [9.17, 15) is 0 Å². The zero-order chi connectivity index (χ0) is 45.4. The van der Waals surface area contributed by atoms with Crippen molar-refractivity contribution in [3.63, 3.8) is 0 Å². The number of rotatable bonds is 7. The minimum atomic E-state index is 0.905. The first-order chi connectivity index (χ1) is 34.2. The third kappa shape index (κ3) is 6.29. The van der Waals surface area contributed by atoms with Crippen LogP contribution in [0.2, 0.25) is 0 Å². The molecule has 0 N–H and O–H groups in total. The number of benzene rings is 12. The van der Waals surface area contributed by atoms with E-state index in [0.717, 1.165) is 66.8 Å². The van der Waals surface area contributed by atoms with E-state index < -0.39 is 0 Å². The van der Waals surface area contributed by atoms with E-state index in [2.05, 4.69) is 252 Å². The fraction of sp³-hybridized carbons (Fsp3) is 0. The number of para-hydroxylation sites is 4. The van der Waals surface area contributed by atoms with Gasteiger partial charge in [-0.15, -0.1) is 0 Å². The van der Waals surface area contributed by atoms with Gasteiger partial charge in [0.15, 0.2) is 0 Å². The van der Waals surface area contributed by atoms with Crippen LogP contribution >= 0.6 is 0 Å². The normalized spacial score (nSPS) is 11.8. The minimum Gasteiger partial charge on any atom is -0.455 e. The molecule has 0 unspecified atom stereocenters. The molecule has 2 heterocycles. The lowest BCUT2D eigenvalue weighted by Crippen LogP contribution is -2.10. The third-order valence-electron chi connectivity index (χ3n) is 14.2. The van der Waals surface area contributed by atoms with E-state index in [0.29, 0.717) is 0 Å². The second kappa shape index (κ2) is 15.7. The van der Waals surface area contributed by atoms with Gasteiger partial charge in [0.1, 0.15) is 11.2 Å². The van der Waals surface area contributed by atoms with Gasteiger partial charge in [0.2, 0.25) is 0 Å². The lowest BCUT2D eigenvalue weighted by molar-refractivity contribution is 0.670. The first-order valence-electron chi connectivity index (χ1n) is 23.7. The van der Waals surface area contributed by atoms with Crippen LogP contribution < -0.4 is 4.90 Å². The minimum absolute atomic E-state index is 0.905. The molecule has 0 spiro atoms. The molecule has 0 aliphatic heterocycles. The molecule has 322 valence electrons. The molecule has 0 aliphatic carbocycles. The number of fused-ring (bicyclic) bond motifs is 10. The Balaban J connectivity index is 0.911. The maximum Gasteiger partial charge on any atom is 0.143 e. The van der Waals surface area contributed by atoms with Crippen LogP contribution in [0.1, 0.15) is 0 Å². The highest BCUT2D eigenvalue weighted by Gasteiger charge is 2.21. The quantitative estimate of drug-likeness (QED) is 0.149. The van der Waals surface area contributed by atoms with Gasteiger partial charge in [0.25, 0.3) is 0 Å². The van der Waals surface area contributed by atoms with Gasteiger partial charge in [-0.3, -0.25) is 0 Å². The smallest absolute Gasteiger partial charge is 0.143 e. The number of furan rings is 1. The summed E-state index contributed by atoms with van der Waals surface area (Å²) in [6, 6.07) is 92.6. The van der Waals surface area contributed by atoms with Crippen LogP contribution in [0, 0.1) is 0 Å². The van der Waals surface area contributed by atoms with Crippen molar-refractivity contribution in [2.75, 3.05) is 4.90 Å². The van der Waals surface area contributed by atoms with Crippen molar-refractivity contribution in [1.29, 1.82) is 0 Å². The maximum atomic E-state index is 6.46. The van der Waals surface area contributed by atoms with Crippen LogP contribution in [-0.2, 0) is 0 Å². The molecule has 0 amide bonds. The van der Waals surface area contributed by atoms with Crippen molar-refractivity contribution in [2.24, 2.45) is 0 Å². The fourth-order valence-electron chi connectivity index (χ4n) is 11.0. The number of anilines is 3. The molecule has 69 heavy (non-hydrogen) atoms. The van der Waals surface area contributed by atoms with Crippen LogP contribution in [0.5, 0.6) is 0 Å². The summed E-state index contributed by atoms with van der Waals surface area (Å²) in [4.78, 5) is 2.43. The predicted molar refractivity (Wildman–Crippen MR) is 292 cm³/mol. The highest BCUT2D eigenvalue weighted by Crippen LogP contribution is 2.45. The molecule has 2 aromatic heterocycles. The van der Waals surface area contributed by atoms with Crippen LogP contribution in [0.3, 0.4) is 0 Å². The van der Waals surface area contributed by atoms with Crippen molar-refractivity contribution in [1.82, 2.24) is 4.57 Å². The molecule has 3 nitrogen and oxygen atoms in total. The van der Waals surface area contributed by atoms with Crippen molar-refractivity contribution in [3.8, 4) is 39.1 Å². The Morgan fingerprint density at radius 2 is 0.855 bits per heavy atom. The van der Waals surface area contributed by atoms with E-state index in [1.54, 1.807) is 0 Å². The molecule has 0 atom stereocenters. The molecule has 14 rings (SSSR count). The lowest BCUT2D eigenvalue weighted by Gasteiger charge is -2.28. The second-order valence-electron chi connectivity index (χ2n) is 18.0. The summed E-state index contributed by atoms with van der Waals surface area (Å²) in [5.41, 5.74) is 15.5. The average Bonchev–Trinajstić information content (AvgIpc) is 3.97. The van der Waals surface area contributed by atoms with Gasteiger partial charge in [0, 0.05) is 54.8 Å². The summed E-state index contributed by atoms with van der Waals surface area (Å²) in [7, 11) is 0. The molecular weight excluding hydrogens is 837 g/mol. The lowest BCUT2D eigenvalue weighted by atomic mass is 9.96. The van der Waals surface area contributed by atoms with Gasteiger partial charge >= 0.3 is 0 Å². The molecule has 12 aromatic carbocycles. The zero-order valence-corrected chi connectivity index (χ0v) is 37.6. The van der Waals surface area contributed by atoms with Crippen LogP contribution in [-0.4, -0.2) is 4.57 Å². The van der Waals surface area contributed by atoms with Crippen LogP contribution in [0.25, 0.3) is 115 Å². The molecule has 3 heteroatoms. The first-order valence-corrected chi connectivity index (χ1v) is 23.7. The van der Waals surface area contributed by atoms with Crippen molar-refractivity contribution in [2.45, 2.75) is 0 Å². The average molecular weight is 879 g/mol. The summed E-state index contributed by atoms with van der Waals surface area (Å²) < 4.78 is 8.94. The molecule has 0 aliphatic rings. The Labute approximate surface area is 399 Å². The first kappa shape index (κ1) is 39.0. The SMILES string of the molecule is c1cc(-c2ccc(N(c3ccc(-c4ccc5ccccc5c4-n4c5ccccc5c5ccccc54)cc3)c3cc4ccccc4c4ccccc34)cc2)cc(-c2cccc3c2oc2ccccc23)c1. The largest absolute Gasteiger partial charge is 0.455 e. The summed E-state index contributed by atoms with van der Waals surface area (Å²) in [6.45, 7) is 0. The summed E-state index contributed by atoms with van der Waals surface area (Å²) in [5, 5.41) is 12.1. The summed E-state index contributed by atoms with van der Waals surface area (Å²) in [5.74, 6) is 0. The van der Waals surface area contributed by atoms with Gasteiger partial charge in [-0.25, -0.2) is 0 Å². The van der Waals surface area contributed by atoms with Crippen molar-refractivity contribution < 1.29 is 4.42 Å². The van der Waals surface area contributed by atoms with Crippen molar-refractivity contribution >= 4 is 93.1 Å². The third-order valence-corrected chi connectivity index (χ3v) is 14.2. The van der Waals surface area contributed by atoms with Gasteiger partial charge in [0.05, 0.1) is 22.4 Å². The Bertz CT molecular complexity index is 4260. The van der Waals surface area contributed by atoms with Crippen molar-refractivity contribution in [3.05, 3.63) is 255 Å². The Hall–Kier alpha value is -9.18. The molecule has 0 fully saturated rings. The Morgan fingerprint density at radius 1 is 0.304 bits per heavy atom. The van der Waals surface area contributed by atoms with E-state index in [1.807, 2.05) is 12.1 Å². The van der Waals surface area contributed by atoms with E-state index >= 15 is 0 Å². The highest BCUT2D eigenvalue weighted by atomic mass is 16.3. The molecule has 14 aromatic rings. The number of nitrogens with zero attached hydrogens (tertiary/aromatic N) is 2. The number of aromatic nitrogens is 1. The molecule has 0 saturated carbocycles. The summed E-state index contributed by atoms with van der Waals surface area (Å²) in [6.07, 6.45) is 0. The van der Waals surface area contributed by atoms with Crippen LogP contribution in [0.4, 0.5) is 17.1 Å². The van der Waals surface area contributed by atoms with Gasteiger partial charge in [-0.2, -0.15) is 0 Å². The molecule has 0 radical (unpaired) electrons. The van der Waals surface area contributed by atoms with Gasteiger partial charge in [-0.05, 0) is 98.4 Å². The molecule has 0 bridgehead atoms. The molecule has 0 saturated heterocycles. The zero-order valence-electron chi connectivity index (χ0n) is 37.6. The fourth-order valence-corrected chi connectivity index (χ4v) is 11.0. The van der Waals surface area contributed by atoms with E-state index in [4.69, 9.17) is 4.42 Å². The predicted octanol–water partition coefficient (Wildman–Crippen LogP) is 18.6. The maximum absolute atomic E-state index is 6.46. The Morgan fingerprint density at radius 3 is 1.59 bits per heavy atom. The monoisotopic (exact) mass is 878 g/mol. The topological polar surface area (TPSA) is 21.3 Å². The standard InChI is InChI=1S/C66H42N2O/c1-4-20-52-44(15-1)35-40-53(65(52)68-61-28-10-7-23-57(61)58-24-8-11-29-62(58)68)45-33-38-50(39-34-45)67(63-42-48-16-2-3-19-51(48)55-21-5-6-22-56(55)63)49-36-31-43(32-37-49)46-17-13-18-47(41-46)54-26-14-27-60-59-25-9-12-30-64(59)69-66(54)60/h1-42H. The van der Waals surface area contributed by atoms with Crippen LogP contribution in [0.15, 0.2) is 259 Å². The number of hydrogen-bond acceptors (Lipinski definition) is 2.